The highest BCUT2D eigenvalue weighted by atomic mass is 15.2. The number of benzene rings is 9. The van der Waals surface area contributed by atoms with Gasteiger partial charge in [-0.25, -0.2) is 0 Å². The second-order valence-electron chi connectivity index (χ2n) is 17.6. The third kappa shape index (κ3) is 5.63. The van der Waals surface area contributed by atoms with Crippen LogP contribution >= 0.6 is 0 Å². The van der Waals surface area contributed by atoms with Crippen LogP contribution in [0.5, 0.6) is 0 Å². The second-order valence-corrected chi connectivity index (χ2v) is 17.6. The summed E-state index contributed by atoms with van der Waals surface area (Å²) in [5, 5.41) is 5.21. The zero-order valence-electron chi connectivity index (χ0n) is 35.1. The molecule has 0 saturated heterocycles. The fourth-order valence-electron chi connectivity index (χ4n) is 11.4. The number of para-hydroxylation sites is 3. The highest BCUT2D eigenvalue weighted by Crippen LogP contribution is 2.57. The number of rotatable bonds is 7. The lowest BCUT2D eigenvalue weighted by atomic mass is 9.74. The van der Waals surface area contributed by atoms with Gasteiger partial charge in [0, 0.05) is 38.7 Å². The van der Waals surface area contributed by atoms with Crippen LogP contribution in [0.4, 0.5) is 17.1 Å². The van der Waals surface area contributed by atoms with Gasteiger partial charge >= 0.3 is 0 Å². The molecule has 1 saturated carbocycles. The van der Waals surface area contributed by atoms with E-state index in [-0.39, 0.29) is 5.41 Å². The maximum atomic E-state index is 2.58. The predicted molar refractivity (Wildman–Crippen MR) is 262 cm³/mol. The summed E-state index contributed by atoms with van der Waals surface area (Å²) >= 11 is 0. The molecule has 1 atom stereocenters. The van der Waals surface area contributed by atoms with E-state index in [1.165, 1.54) is 121 Å². The van der Waals surface area contributed by atoms with Gasteiger partial charge in [-0.1, -0.05) is 183 Å². The van der Waals surface area contributed by atoms with Crippen molar-refractivity contribution in [2.75, 3.05) is 4.90 Å². The van der Waals surface area contributed by atoms with Crippen LogP contribution in [0, 0.1) is 0 Å². The number of hydrogen-bond acceptors (Lipinski definition) is 1. The quantitative estimate of drug-likeness (QED) is 0.156. The average Bonchev–Trinajstić information content (AvgIpc) is 3.82. The van der Waals surface area contributed by atoms with Crippen molar-refractivity contribution in [3.05, 3.63) is 229 Å². The lowest BCUT2D eigenvalue weighted by molar-refractivity contribution is 0.445. The number of anilines is 3. The van der Waals surface area contributed by atoms with E-state index in [0.717, 1.165) is 11.4 Å². The Morgan fingerprint density at radius 2 is 1.11 bits per heavy atom. The van der Waals surface area contributed by atoms with Crippen LogP contribution in [0.1, 0.15) is 67.2 Å². The summed E-state index contributed by atoms with van der Waals surface area (Å²) in [7, 11) is 0. The lowest BCUT2D eigenvalue weighted by Crippen LogP contribution is -2.22. The first kappa shape index (κ1) is 36.7. The molecule has 2 aliphatic rings. The summed E-state index contributed by atoms with van der Waals surface area (Å²) < 4.78 is 2.44. The molecule has 0 amide bonds. The van der Waals surface area contributed by atoms with E-state index in [2.05, 4.69) is 223 Å². The van der Waals surface area contributed by atoms with Crippen LogP contribution in [-0.4, -0.2) is 4.57 Å². The highest BCUT2D eigenvalue weighted by Gasteiger charge is 2.42. The minimum Gasteiger partial charge on any atom is -0.309 e. The highest BCUT2D eigenvalue weighted by molar-refractivity contribution is 6.11. The number of nitrogens with zero attached hydrogens (tertiary/aromatic N) is 2. The average molecular weight is 797 g/mol. The minimum atomic E-state index is -0.331. The molecule has 1 aromatic heterocycles. The molecule has 2 heteroatoms. The lowest BCUT2D eigenvalue weighted by Gasteiger charge is -2.32. The Morgan fingerprint density at radius 1 is 0.484 bits per heavy atom. The van der Waals surface area contributed by atoms with Gasteiger partial charge in [-0.3, -0.25) is 0 Å². The van der Waals surface area contributed by atoms with Gasteiger partial charge in [-0.2, -0.15) is 0 Å². The van der Waals surface area contributed by atoms with E-state index in [1.54, 1.807) is 0 Å². The molecule has 0 bridgehead atoms. The zero-order chi connectivity index (χ0) is 41.2. The monoisotopic (exact) mass is 796 g/mol. The Balaban J connectivity index is 1.17. The van der Waals surface area contributed by atoms with Gasteiger partial charge in [0.15, 0.2) is 0 Å². The molecule has 9 aromatic carbocycles. The molecule has 1 fully saturated rings. The van der Waals surface area contributed by atoms with Crippen LogP contribution in [0.25, 0.3) is 60.5 Å². The van der Waals surface area contributed by atoms with Crippen molar-refractivity contribution in [3.8, 4) is 27.9 Å². The molecule has 62 heavy (non-hydrogen) atoms. The molecule has 10 aromatic rings. The van der Waals surface area contributed by atoms with Gasteiger partial charge in [0.1, 0.15) is 0 Å². The molecule has 1 heterocycles. The molecule has 12 rings (SSSR count). The van der Waals surface area contributed by atoms with Gasteiger partial charge < -0.3 is 9.47 Å². The van der Waals surface area contributed by atoms with Crippen LogP contribution in [0.2, 0.25) is 0 Å². The standard InChI is InChI=1S/C60H48N2/c1-60(43-24-7-3-8-25-43)52-33-14-11-30-51(52)59-53(60)34-19-37-56(59)62(45-38-39-49-47-28-12-15-35-54(47)61(57(49)40-45)44-26-9-4-10-27-44)55-36-16-13-29-48(55)50-32-18-23-42-22-17-31-46(58(42)50)41-20-5-2-6-21-41/h3-4,7-19,22-41H,2,5-6,20-21H2,1H3. The Bertz CT molecular complexity index is 3290. The molecule has 2 nitrogen and oxygen atoms in total. The summed E-state index contributed by atoms with van der Waals surface area (Å²) in [6.45, 7) is 2.42. The van der Waals surface area contributed by atoms with Crippen molar-refractivity contribution >= 4 is 49.6 Å². The zero-order valence-corrected chi connectivity index (χ0v) is 35.1. The Labute approximate surface area is 364 Å². The first-order valence-electron chi connectivity index (χ1n) is 22.5. The first-order valence-corrected chi connectivity index (χ1v) is 22.5. The van der Waals surface area contributed by atoms with Gasteiger partial charge in [0.2, 0.25) is 0 Å². The summed E-state index contributed by atoms with van der Waals surface area (Å²) in [5.41, 5.74) is 17.3. The van der Waals surface area contributed by atoms with Crippen molar-refractivity contribution < 1.29 is 0 Å². The number of aromatic nitrogens is 1. The van der Waals surface area contributed by atoms with Gasteiger partial charge in [-0.15, -0.1) is 0 Å². The van der Waals surface area contributed by atoms with Crippen molar-refractivity contribution in [2.45, 2.75) is 50.4 Å². The Kier molecular flexibility index (Phi) is 8.74. The fraction of sp³-hybridized carbons (Fsp3) is 0.133. The molecule has 0 N–H and O–H groups in total. The Hall–Kier alpha value is -7.16. The maximum Gasteiger partial charge on any atom is 0.0561 e. The molecular formula is C60H48N2. The van der Waals surface area contributed by atoms with Crippen LogP contribution in [0.3, 0.4) is 0 Å². The van der Waals surface area contributed by atoms with Crippen LogP contribution < -0.4 is 4.90 Å². The van der Waals surface area contributed by atoms with E-state index in [4.69, 9.17) is 0 Å². The third-order valence-corrected chi connectivity index (χ3v) is 14.3. The SMILES string of the molecule is CC1(c2ccccc2)c2ccccc2-c2c(N(c3ccc4c5ccccc5n(-c5ccccc5)c4c3)c3ccccc3-c3cccc4cccc(C5CCCCC5)c34)cccc21. The van der Waals surface area contributed by atoms with E-state index in [9.17, 15) is 0 Å². The maximum absolute atomic E-state index is 2.58. The van der Waals surface area contributed by atoms with Crippen molar-refractivity contribution in [3.63, 3.8) is 0 Å². The Morgan fingerprint density at radius 3 is 1.95 bits per heavy atom. The second kappa shape index (κ2) is 14.8. The van der Waals surface area contributed by atoms with Crippen LogP contribution in [-0.2, 0) is 5.41 Å². The summed E-state index contributed by atoms with van der Waals surface area (Å²) in [4.78, 5) is 2.58. The fourth-order valence-corrected chi connectivity index (χ4v) is 11.4. The van der Waals surface area contributed by atoms with Crippen LogP contribution in [0.15, 0.2) is 206 Å². The largest absolute Gasteiger partial charge is 0.309 e. The molecule has 0 radical (unpaired) electrons. The van der Waals surface area contributed by atoms with Gasteiger partial charge in [0.05, 0.1) is 22.4 Å². The molecular weight excluding hydrogens is 749 g/mol. The van der Waals surface area contributed by atoms with E-state index < -0.39 is 0 Å². The predicted octanol–water partition coefficient (Wildman–Crippen LogP) is 16.5. The van der Waals surface area contributed by atoms with Crippen molar-refractivity contribution in [1.29, 1.82) is 0 Å². The van der Waals surface area contributed by atoms with E-state index >= 15 is 0 Å². The van der Waals surface area contributed by atoms with Gasteiger partial charge in [0.25, 0.3) is 0 Å². The number of fused-ring (bicyclic) bond motifs is 7. The molecule has 2 aliphatic carbocycles. The molecule has 1 unspecified atom stereocenters. The topological polar surface area (TPSA) is 8.17 Å². The van der Waals surface area contributed by atoms with Crippen molar-refractivity contribution in [2.24, 2.45) is 0 Å². The minimum absolute atomic E-state index is 0.331. The summed E-state index contributed by atoms with van der Waals surface area (Å²) in [6.07, 6.45) is 6.46. The van der Waals surface area contributed by atoms with E-state index in [0.29, 0.717) is 5.92 Å². The van der Waals surface area contributed by atoms with Gasteiger partial charge in [-0.05, 0) is 112 Å². The molecule has 298 valence electrons. The molecule has 0 spiro atoms. The summed E-state index contributed by atoms with van der Waals surface area (Å²) in [6, 6.07) is 77.1. The molecule has 0 aliphatic heterocycles. The normalized spacial score (nSPS) is 16.1. The smallest absolute Gasteiger partial charge is 0.0561 e. The first-order chi connectivity index (χ1) is 30.7. The summed E-state index contributed by atoms with van der Waals surface area (Å²) in [5.74, 6) is 0.573. The van der Waals surface area contributed by atoms with E-state index in [1.807, 2.05) is 0 Å². The van der Waals surface area contributed by atoms with Crippen molar-refractivity contribution in [1.82, 2.24) is 4.57 Å². The number of hydrogen-bond donors (Lipinski definition) is 0. The third-order valence-electron chi connectivity index (χ3n) is 14.3.